The zero-order chi connectivity index (χ0) is 11.1. The molecule has 0 radical (unpaired) electrons. The molecule has 0 aliphatic carbocycles. The van der Waals surface area contributed by atoms with E-state index in [0.717, 1.165) is 26.2 Å². The molecule has 1 atom stereocenters. The van der Waals surface area contributed by atoms with Gasteiger partial charge in [0.05, 0.1) is 12.7 Å². The molecule has 1 heterocycles. The second-order valence-corrected chi connectivity index (χ2v) is 4.56. The Bertz CT molecular complexity index is 155. The molecule has 3 nitrogen and oxygen atoms in total. The highest BCUT2D eigenvalue weighted by atomic mass is 16.5. The van der Waals surface area contributed by atoms with Gasteiger partial charge in [-0.1, -0.05) is 13.8 Å². The van der Waals surface area contributed by atoms with Gasteiger partial charge in [0.15, 0.2) is 0 Å². The molecule has 1 unspecified atom stereocenters. The lowest BCUT2D eigenvalue weighted by Crippen LogP contribution is -2.46. The van der Waals surface area contributed by atoms with E-state index in [4.69, 9.17) is 4.74 Å². The topological polar surface area (TPSA) is 15.7 Å². The van der Waals surface area contributed by atoms with Gasteiger partial charge in [0.1, 0.15) is 0 Å². The predicted molar refractivity (Wildman–Crippen MR) is 64.3 cm³/mol. The fourth-order valence-electron chi connectivity index (χ4n) is 2.19. The van der Waals surface area contributed by atoms with Crippen molar-refractivity contribution in [2.45, 2.75) is 32.8 Å². The average Bonchev–Trinajstić information content (AvgIpc) is 2.18. The van der Waals surface area contributed by atoms with Crippen molar-refractivity contribution in [3.8, 4) is 0 Å². The van der Waals surface area contributed by atoms with Crippen LogP contribution in [-0.2, 0) is 4.74 Å². The van der Waals surface area contributed by atoms with E-state index in [0.29, 0.717) is 6.10 Å². The predicted octanol–water partition coefficient (Wildman–Crippen LogP) is 1.44. The van der Waals surface area contributed by atoms with Crippen molar-refractivity contribution in [1.29, 1.82) is 0 Å². The highest BCUT2D eigenvalue weighted by Crippen LogP contribution is 2.06. The summed E-state index contributed by atoms with van der Waals surface area (Å²) in [7, 11) is 2.18. The van der Waals surface area contributed by atoms with Crippen LogP contribution >= 0.6 is 0 Å². The third kappa shape index (κ3) is 4.96. The number of likely N-dealkylation sites (N-methyl/N-ethyl adjacent to an activating group) is 1. The molecule has 90 valence electrons. The molecule has 0 saturated carbocycles. The van der Waals surface area contributed by atoms with Crippen molar-refractivity contribution in [1.82, 2.24) is 9.80 Å². The maximum Gasteiger partial charge on any atom is 0.0829 e. The quantitative estimate of drug-likeness (QED) is 0.665. The van der Waals surface area contributed by atoms with Crippen molar-refractivity contribution in [3.63, 3.8) is 0 Å². The molecule has 15 heavy (non-hydrogen) atoms. The van der Waals surface area contributed by atoms with Crippen molar-refractivity contribution < 1.29 is 4.74 Å². The summed E-state index contributed by atoms with van der Waals surface area (Å²) in [6.45, 7) is 11.1. The highest BCUT2D eigenvalue weighted by Gasteiger charge is 2.19. The first-order valence-electron chi connectivity index (χ1n) is 6.28. The molecule has 1 aliphatic rings. The Morgan fingerprint density at radius 3 is 2.47 bits per heavy atom. The summed E-state index contributed by atoms with van der Waals surface area (Å²) in [4.78, 5) is 4.90. The smallest absolute Gasteiger partial charge is 0.0829 e. The van der Waals surface area contributed by atoms with Gasteiger partial charge in [0, 0.05) is 19.6 Å². The molecule has 0 aromatic heterocycles. The molecule has 1 rings (SSSR count). The molecule has 0 bridgehead atoms. The number of hydrogen-bond acceptors (Lipinski definition) is 3. The van der Waals surface area contributed by atoms with Crippen molar-refractivity contribution in [2.24, 2.45) is 0 Å². The van der Waals surface area contributed by atoms with Crippen LogP contribution in [-0.4, -0.2) is 62.3 Å². The van der Waals surface area contributed by atoms with Crippen LogP contribution in [0.25, 0.3) is 0 Å². The lowest BCUT2D eigenvalue weighted by Gasteiger charge is -2.33. The van der Waals surface area contributed by atoms with Crippen LogP contribution in [0.4, 0.5) is 0 Å². The average molecular weight is 214 g/mol. The molecule has 0 spiro atoms. The van der Waals surface area contributed by atoms with Crippen LogP contribution in [0.2, 0.25) is 0 Å². The lowest BCUT2D eigenvalue weighted by molar-refractivity contribution is -0.0355. The van der Waals surface area contributed by atoms with E-state index in [1.54, 1.807) is 0 Å². The number of nitrogens with zero attached hydrogens (tertiary/aromatic N) is 2. The van der Waals surface area contributed by atoms with E-state index < -0.39 is 0 Å². The van der Waals surface area contributed by atoms with Crippen molar-refractivity contribution in [2.75, 3.05) is 46.4 Å². The molecular formula is C12H26N2O. The number of hydrogen-bond donors (Lipinski definition) is 0. The number of rotatable bonds is 6. The van der Waals surface area contributed by atoms with E-state index in [1.165, 1.54) is 25.9 Å². The molecule has 1 saturated heterocycles. The first-order valence-corrected chi connectivity index (χ1v) is 6.28. The minimum Gasteiger partial charge on any atom is -0.374 e. The Morgan fingerprint density at radius 1 is 1.27 bits per heavy atom. The first kappa shape index (κ1) is 12.9. The maximum atomic E-state index is 5.79. The van der Waals surface area contributed by atoms with Gasteiger partial charge in [-0.15, -0.1) is 0 Å². The van der Waals surface area contributed by atoms with E-state index in [2.05, 4.69) is 30.7 Å². The Morgan fingerprint density at radius 2 is 1.93 bits per heavy atom. The molecule has 0 aromatic carbocycles. The molecule has 1 fully saturated rings. The van der Waals surface area contributed by atoms with Crippen LogP contribution in [0.15, 0.2) is 0 Å². The summed E-state index contributed by atoms with van der Waals surface area (Å²) in [6, 6.07) is 0. The molecule has 0 amide bonds. The fraction of sp³-hybridized carbons (Fsp3) is 1.00. The zero-order valence-electron chi connectivity index (χ0n) is 10.5. The highest BCUT2D eigenvalue weighted by molar-refractivity contribution is 4.72. The van der Waals surface area contributed by atoms with Gasteiger partial charge < -0.3 is 14.5 Å². The third-order valence-electron chi connectivity index (χ3n) is 2.88. The van der Waals surface area contributed by atoms with Gasteiger partial charge in [-0.3, -0.25) is 0 Å². The summed E-state index contributed by atoms with van der Waals surface area (Å²) in [6.07, 6.45) is 2.90. The minimum absolute atomic E-state index is 0.418. The van der Waals surface area contributed by atoms with Crippen molar-refractivity contribution in [3.05, 3.63) is 0 Å². The largest absolute Gasteiger partial charge is 0.374 e. The van der Waals surface area contributed by atoms with Crippen LogP contribution in [0.5, 0.6) is 0 Å². The maximum absolute atomic E-state index is 5.79. The summed E-state index contributed by atoms with van der Waals surface area (Å²) in [5.41, 5.74) is 0. The Kier molecular flexibility index (Phi) is 6.22. The van der Waals surface area contributed by atoms with Crippen LogP contribution in [0.1, 0.15) is 26.7 Å². The Labute approximate surface area is 94.4 Å². The minimum atomic E-state index is 0.418. The van der Waals surface area contributed by atoms with E-state index in [-0.39, 0.29) is 0 Å². The van der Waals surface area contributed by atoms with Gasteiger partial charge in [-0.25, -0.2) is 0 Å². The number of morpholine rings is 1. The third-order valence-corrected chi connectivity index (χ3v) is 2.88. The van der Waals surface area contributed by atoms with Crippen LogP contribution < -0.4 is 0 Å². The van der Waals surface area contributed by atoms with Gasteiger partial charge in [0.2, 0.25) is 0 Å². The molecule has 1 aliphatic heterocycles. The zero-order valence-corrected chi connectivity index (χ0v) is 10.5. The van der Waals surface area contributed by atoms with E-state index >= 15 is 0 Å². The van der Waals surface area contributed by atoms with Gasteiger partial charge >= 0.3 is 0 Å². The van der Waals surface area contributed by atoms with Gasteiger partial charge in [0.25, 0.3) is 0 Å². The Hall–Kier alpha value is -0.120. The van der Waals surface area contributed by atoms with E-state index in [9.17, 15) is 0 Å². The lowest BCUT2D eigenvalue weighted by atomic mass is 10.2. The molecule has 3 heteroatoms. The summed E-state index contributed by atoms with van der Waals surface area (Å²) >= 11 is 0. The Balaban J connectivity index is 2.28. The van der Waals surface area contributed by atoms with Gasteiger partial charge in [-0.05, 0) is 33.0 Å². The van der Waals surface area contributed by atoms with Crippen LogP contribution in [0.3, 0.4) is 0 Å². The second kappa shape index (κ2) is 7.20. The van der Waals surface area contributed by atoms with E-state index in [1.807, 2.05) is 0 Å². The van der Waals surface area contributed by atoms with Crippen molar-refractivity contribution >= 4 is 0 Å². The normalized spacial score (nSPS) is 23.6. The molecule has 0 aromatic rings. The number of ether oxygens (including phenoxy) is 1. The fourth-order valence-corrected chi connectivity index (χ4v) is 2.19. The van der Waals surface area contributed by atoms with Crippen LogP contribution in [0, 0.1) is 0 Å². The summed E-state index contributed by atoms with van der Waals surface area (Å²) < 4.78 is 5.79. The monoisotopic (exact) mass is 214 g/mol. The first-order chi connectivity index (χ1) is 7.26. The standard InChI is InChI=1S/C12H26N2O/c1-4-6-14(7-5-2)11-12-10-13(3)8-9-15-12/h12H,4-11H2,1-3H3. The molecule has 0 N–H and O–H groups in total. The summed E-state index contributed by atoms with van der Waals surface area (Å²) in [5, 5.41) is 0. The molecular weight excluding hydrogens is 188 g/mol. The van der Waals surface area contributed by atoms with Gasteiger partial charge in [-0.2, -0.15) is 0 Å². The summed E-state index contributed by atoms with van der Waals surface area (Å²) in [5.74, 6) is 0. The SMILES string of the molecule is CCCN(CCC)CC1CN(C)CCO1. The second-order valence-electron chi connectivity index (χ2n) is 4.56.